The standard InChI is InChI=1S/C17H22N4O2/c1-13-16(20-23-19-13)12-21-15(7-8-17(21)22)9-10-18-11-14-5-3-2-4-6-14/h2-6,15,18H,7-12H2,1H3. The van der Waals surface area contributed by atoms with Crippen molar-refractivity contribution in [2.45, 2.75) is 45.3 Å². The third-order valence-corrected chi connectivity index (χ3v) is 4.35. The summed E-state index contributed by atoms with van der Waals surface area (Å²) in [6.07, 6.45) is 2.48. The van der Waals surface area contributed by atoms with E-state index in [4.69, 9.17) is 4.63 Å². The third-order valence-electron chi connectivity index (χ3n) is 4.35. The Kier molecular flexibility index (Phi) is 5.02. The molecular formula is C17H22N4O2. The summed E-state index contributed by atoms with van der Waals surface area (Å²) in [5, 5.41) is 11.1. The van der Waals surface area contributed by atoms with E-state index in [9.17, 15) is 4.79 Å². The molecule has 1 unspecified atom stereocenters. The molecule has 6 heteroatoms. The van der Waals surface area contributed by atoms with Crippen molar-refractivity contribution in [3.63, 3.8) is 0 Å². The van der Waals surface area contributed by atoms with Gasteiger partial charge in [-0.25, -0.2) is 4.63 Å². The fourth-order valence-electron chi connectivity index (χ4n) is 2.96. The highest BCUT2D eigenvalue weighted by molar-refractivity contribution is 5.78. The second-order valence-electron chi connectivity index (χ2n) is 5.96. The van der Waals surface area contributed by atoms with Crippen LogP contribution in [-0.4, -0.2) is 33.7 Å². The van der Waals surface area contributed by atoms with Crippen LogP contribution in [0.3, 0.4) is 0 Å². The Morgan fingerprint density at radius 1 is 1.30 bits per heavy atom. The van der Waals surface area contributed by atoms with Gasteiger partial charge in [0, 0.05) is 19.0 Å². The predicted molar refractivity (Wildman–Crippen MR) is 85.4 cm³/mol. The number of nitrogens with zero attached hydrogens (tertiary/aromatic N) is 3. The number of aryl methyl sites for hydroxylation is 1. The molecule has 1 fully saturated rings. The molecule has 2 heterocycles. The number of aromatic nitrogens is 2. The monoisotopic (exact) mass is 314 g/mol. The molecule has 0 bridgehead atoms. The molecule has 1 aliphatic heterocycles. The SMILES string of the molecule is Cc1nonc1CN1C(=O)CCC1CCNCc1ccccc1. The van der Waals surface area contributed by atoms with Crippen molar-refractivity contribution in [3.05, 3.63) is 47.3 Å². The Bertz CT molecular complexity index is 641. The lowest BCUT2D eigenvalue weighted by atomic mass is 10.1. The average Bonchev–Trinajstić information content (AvgIpc) is 3.13. The smallest absolute Gasteiger partial charge is 0.223 e. The highest BCUT2D eigenvalue weighted by atomic mass is 16.6. The normalized spacial score (nSPS) is 17.9. The summed E-state index contributed by atoms with van der Waals surface area (Å²) >= 11 is 0. The minimum Gasteiger partial charge on any atom is -0.334 e. The third kappa shape index (κ3) is 3.96. The number of amides is 1. The van der Waals surface area contributed by atoms with Gasteiger partial charge in [-0.15, -0.1) is 0 Å². The Morgan fingerprint density at radius 2 is 2.13 bits per heavy atom. The van der Waals surface area contributed by atoms with E-state index < -0.39 is 0 Å². The average molecular weight is 314 g/mol. The van der Waals surface area contributed by atoms with Gasteiger partial charge >= 0.3 is 0 Å². The van der Waals surface area contributed by atoms with Gasteiger partial charge in [0.1, 0.15) is 11.4 Å². The van der Waals surface area contributed by atoms with Crippen molar-refractivity contribution in [1.29, 1.82) is 0 Å². The first-order chi connectivity index (χ1) is 11.2. The molecule has 122 valence electrons. The molecule has 1 aliphatic rings. The van der Waals surface area contributed by atoms with Gasteiger partial charge in [0.05, 0.1) is 6.54 Å². The van der Waals surface area contributed by atoms with Gasteiger partial charge in [0.25, 0.3) is 0 Å². The Hall–Kier alpha value is -2.21. The number of nitrogens with one attached hydrogen (secondary N) is 1. The first kappa shape index (κ1) is 15.7. The molecule has 1 amide bonds. The molecule has 2 aromatic rings. The molecule has 0 spiro atoms. The molecule has 1 atom stereocenters. The molecule has 1 aromatic heterocycles. The van der Waals surface area contributed by atoms with Crippen LogP contribution < -0.4 is 5.32 Å². The van der Waals surface area contributed by atoms with Crippen molar-refractivity contribution < 1.29 is 9.42 Å². The zero-order valence-corrected chi connectivity index (χ0v) is 13.4. The number of carbonyl (C=O) groups is 1. The van der Waals surface area contributed by atoms with Crippen molar-refractivity contribution >= 4 is 5.91 Å². The summed E-state index contributed by atoms with van der Waals surface area (Å²) in [6, 6.07) is 10.6. The lowest BCUT2D eigenvalue weighted by Crippen LogP contribution is -2.35. The van der Waals surface area contributed by atoms with E-state index in [1.807, 2.05) is 30.0 Å². The van der Waals surface area contributed by atoms with Gasteiger partial charge in [0.2, 0.25) is 5.91 Å². The van der Waals surface area contributed by atoms with Crippen LogP contribution in [0.15, 0.2) is 35.0 Å². The minimum atomic E-state index is 0.195. The van der Waals surface area contributed by atoms with Gasteiger partial charge in [-0.05, 0) is 31.9 Å². The molecular weight excluding hydrogens is 292 g/mol. The summed E-state index contributed by atoms with van der Waals surface area (Å²) in [7, 11) is 0. The van der Waals surface area contributed by atoms with Gasteiger partial charge in [-0.2, -0.15) is 0 Å². The summed E-state index contributed by atoms with van der Waals surface area (Å²) < 4.78 is 4.72. The van der Waals surface area contributed by atoms with Crippen LogP contribution in [0.1, 0.15) is 36.2 Å². The van der Waals surface area contributed by atoms with Gasteiger partial charge in [0.15, 0.2) is 0 Å². The molecule has 3 rings (SSSR count). The van der Waals surface area contributed by atoms with Gasteiger partial charge < -0.3 is 10.2 Å². The van der Waals surface area contributed by atoms with E-state index in [0.717, 1.165) is 37.3 Å². The number of carbonyl (C=O) groups excluding carboxylic acids is 1. The lowest BCUT2D eigenvalue weighted by molar-refractivity contribution is -0.129. The fraction of sp³-hybridized carbons (Fsp3) is 0.471. The summed E-state index contributed by atoms with van der Waals surface area (Å²) in [4.78, 5) is 14.0. The number of hydrogen-bond acceptors (Lipinski definition) is 5. The number of likely N-dealkylation sites (tertiary alicyclic amines) is 1. The molecule has 1 N–H and O–H groups in total. The molecule has 6 nitrogen and oxygen atoms in total. The van der Waals surface area contributed by atoms with E-state index in [1.54, 1.807) is 0 Å². The maximum Gasteiger partial charge on any atom is 0.223 e. The molecule has 0 aliphatic carbocycles. The van der Waals surface area contributed by atoms with Crippen molar-refractivity contribution in [3.8, 4) is 0 Å². The molecule has 0 saturated carbocycles. The van der Waals surface area contributed by atoms with E-state index >= 15 is 0 Å². The van der Waals surface area contributed by atoms with Crippen LogP contribution in [0.4, 0.5) is 0 Å². The molecule has 1 aromatic carbocycles. The zero-order valence-electron chi connectivity index (χ0n) is 13.4. The highest BCUT2D eigenvalue weighted by Gasteiger charge is 2.31. The number of hydrogen-bond donors (Lipinski definition) is 1. The molecule has 23 heavy (non-hydrogen) atoms. The highest BCUT2D eigenvalue weighted by Crippen LogP contribution is 2.23. The van der Waals surface area contributed by atoms with E-state index in [0.29, 0.717) is 13.0 Å². The lowest BCUT2D eigenvalue weighted by Gasteiger charge is -2.24. The molecule has 0 radical (unpaired) electrons. The topological polar surface area (TPSA) is 71.3 Å². The molecule has 1 saturated heterocycles. The largest absolute Gasteiger partial charge is 0.334 e. The van der Waals surface area contributed by atoms with Crippen molar-refractivity contribution in [2.24, 2.45) is 0 Å². The van der Waals surface area contributed by atoms with Crippen LogP contribution >= 0.6 is 0 Å². The van der Waals surface area contributed by atoms with E-state index in [2.05, 4.69) is 27.8 Å². The number of benzene rings is 1. The second-order valence-corrected chi connectivity index (χ2v) is 5.96. The number of rotatable bonds is 7. The Morgan fingerprint density at radius 3 is 2.87 bits per heavy atom. The first-order valence-electron chi connectivity index (χ1n) is 8.06. The van der Waals surface area contributed by atoms with Gasteiger partial charge in [-0.3, -0.25) is 4.79 Å². The van der Waals surface area contributed by atoms with E-state index in [1.165, 1.54) is 5.56 Å². The summed E-state index contributed by atoms with van der Waals surface area (Å²) in [5.74, 6) is 0.195. The first-order valence-corrected chi connectivity index (χ1v) is 8.06. The van der Waals surface area contributed by atoms with E-state index in [-0.39, 0.29) is 11.9 Å². The quantitative estimate of drug-likeness (QED) is 0.792. The van der Waals surface area contributed by atoms with Gasteiger partial charge in [-0.1, -0.05) is 40.6 Å². The van der Waals surface area contributed by atoms with Crippen LogP contribution in [0.5, 0.6) is 0 Å². The van der Waals surface area contributed by atoms with Crippen LogP contribution in [0, 0.1) is 6.92 Å². The Balaban J connectivity index is 1.48. The van der Waals surface area contributed by atoms with Crippen LogP contribution in [-0.2, 0) is 17.9 Å². The van der Waals surface area contributed by atoms with Crippen LogP contribution in [0.25, 0.3) is 0 Å². The summed E-state index contributed by atoms with van der Waals surface area (Å²) in [6.45, 7) is 4.09. The second kappa shape index (κ2) is 7.37. The van der Waals surface area contributed by atoms with Crippen molar-refractivity contribution in [2.75, 3.05) is 6.54 Å². The van der Waals surface area contributed by atoms with Crippen molar-refractivity contribution in [1.82, 2.24) is 20.5 Å². The maximum absolute atomic E-state index is 12.1. The zero-order chi connectivity index (χ0) is 16.1. The van der Waals surface area contributed by atoms with Crippen LogP contribution in [0.2, 0.25) is 0 Å². The Labute approximate surface area is 135 Å². The minimum absolute atomic E-state index is 0.195. The fourth-order valence-corrected chi connectivity index (χ4v) is 2.96. The maximum atomic E-state index is 12.1. The summed E-state index contributed by atoms with van der Waals surface area (Å²) in [5.41, 5.74) is 2.78. The predicted octanol–water partition coefficient (Wildman–Crippen LogP) is 2.05.